The van der Waals surface area contributed by atoms with Gasteiger partial charge in [-0.3, -0.25) is 0 Å². The van der Waals surface area contributed by atoms with E-state index in [0.29, 0.717) is 18.9 Å². The predicted molar refractivity (Wildman–Crippen MR) is 64.2 cm³/mol. The van der Waals surface area contributed by atoms with Gasteiger partial charge in [-0.15, -0.1) is 0 Å². The van der Waals surface area contributed by atoms with E-state index in [1.807, 2.05) is 13.8 Å². The maximum atomic E-state index is 10.5. The summed E-state index contributed by atoms with van der Waals surface area (Å²) in [5.74, 6) is -0.583. The van der Waals surface area contributed by atoms with Crippen molar-refractivity contribution in [1.82, 2.24) is 0 Å². The van der Waals surface area contributed by atoms with E-state index in [9.17, 15) is 5.11 Å². The molecule has 1 aliphatic rings. The normalized spacial score (nSPS) is 49.3. The Hall–Kier alpha value is -0.120. The highest BCUT2D eigenvalue weighted by Crippen LogP contribution is 2.47. The molecule has 1 fully saturated rings. The Morgan fingerprint density at radius 2 is 1.88 bits per heavy atom. The SMILES string of the molecule is CCO[C@@]1(C)OC(C)(CC)[C@@H](C)C[C@]1(C)O. The van der Waals surface area contributed by atoms with Crippen LogP contribution in [0.15, 0.2) is 0 Å². The van der Waals surface area contributed by atoms with Crippen LogP contribution in [0.5, 0.6) is 0 Å². The summed E-state index contributed by atoms with van der Waals surface area (Å²) in [6.45, 7) is 12.5. The smallest absolute Gasteiger partial charge is 0.194 e. The molecule has 0 aromatic heterocycles. The van der Waals surface area contributed by atoms with Crippen LogP contribution in [0.1, 0.15) is 54.4 Å². The van der Waals surface area contributed by atoms with Crippen LogP contribution in [0.4, 0.5) is 0 Å². The molecule has 0 saturated carbocycles. The van der Waals surface area contributed by atoms with Gasteiger partial charge < -0.3 is 14.6 Å². The van der Waals surface area contributed by atoms with Crippen molar-refractivity contribution in [2.75, 3.05) is 6.61 Å². The highest BCUT2D eigenvalue weighted by Gasteiger charge is 2.56. The second-order valence-corrected chi connectivity index (χ2v) is 5.53. The van der Waals surface area contributed by atoms with E-state index in [1.54, 1.807) is 6.92 Å². The zero-order valence-corrected chi connectivity index (χ0v) is 11.5. The van der Waals surface area contributed by atoms with Gasteiger partial charge in [-0.05, 0) is 46.5 Å². The molecule has 3 heteroatoms. The van der Waals surface area contributed by atoms with Crippen molar-refractivity contribution in [3.63, 3.8) is 0 Å². The number of ether oxygens (including phenoxy) is 2. The summed E-state index contributed by atoms with van der Waals surface area (Å²) < 4.78 is 11.8. The average Bonchev–Trinajstić information content (AvgIpc) is 2.15. The lowest BCUT2D eigenvalue weighted by atomic mass is 9.73. The minimum Gasteiger partial charge on any atom is -0.385 e. The lowest BCUT2D eigenvalue weighted by Crippen LogP contribution is -2.64. The van der Waals surface area contributed by atoms with Gasteiger partial charge in [0.15, 0.2) is 5.79 Å². The van der Waals surface area contributed by atoms with E-state index in [2.05, 4.69) is 20.8 Å². The van der Waals surface area contributed by atoms with Gasteiger partial charge in [-0.25, -0.2) is 0 Å². The topological polar surface area (TPSA) is 38.7 Å². The molecule has 3 nitrogen and oxygen atoms in total. The molecule has 0 bridgehead atoms. The molecule has 96 valence electrons. The first-order valence-electron chi connectivity index (χ1n) is 6.27. The van der Waals surface area contributed by atoms with Crippen LogP contribution in [0.2, 0.25) is 0 Å². The number of rotatable bonds is 3. The zero-order chi connectivity index (χ0) is 12.6. The van der Waals surface area contributed by atoms with E-state index >= 15 is 0 Å². The number of hydrogen-bond donors (Lipinski definition) is 1. The highest BCUT2D eigenvalue weighted by molar-refractivity contribution is 5.00. The molecule has 1 unspecified atom stereocenters. The van der Waals surface area contributed by atoms with Crippen LogP contribution in [0.25, 0.3) is 0 Å². The van der Waals surface area contributed by atoms with Crippen LogP contribution in [-0.4, -0.2) is 28.7 Å². The second-order valence-electron chi connectivity index (χ2n) is 5.53. The van der Waals surface area contributed by atoms with Crippen LogP contribution >= 0.6 is 0 Å². The fourth-order valence-corrected chi connectivity index (χ4v) is 2.53. The summed E-state index contributed by atoms with van der Waals surface area (Å²) in [4.78, 5) is 0. The van der Waals surface area contributed by atoms with Crippen molar-refractivity contribution in [1.29, 1.82) is 0 Å². The lowest BCUT2D eigenvalue weighted by molar-refractivity contribution is -0.378. The standard InChI is InChI=1S/C13H26O3/c1-7-11(4)10(3)9-12(5,14)13(6,16-11)15-8-2/h10,14H,7-9H2,1-6H3/t10-,11?,12-,13-/m0/s1. The lowest BCUT2D eigenvalue weighted by Gasteiger charge is -2.55. The first-order chi connectivity index (χ1) is 7.21. The third kappa shape index (κ3) is 2.13. The summed E-state index contributed by atoms with van der Waals surface area (Å²) in [5, 5.41) is 10.5. The first kappa shape index (κ1) is 13.9. The molecule has 4 atom stereocenters. The highest BCUT2D eigenvalue weighted by atomic mass is 16.7. The third-order valence-electron chi connectivity index (χ3n) is 4.27. The second kappa shape index (κ2) is 4.28. The van der Waals surface area contributed by atoms with E-state index < -0.39 is 11.4 Å². The summed E-state index contributed by atoms with van der Waals surface area (Å²) in [7, 11) is 0. The van der Waals surface area contributed by atoms with Crippen LogP contribution in [0, 0.1) is 5.92 Å². The summed E-state index contributed by atoms with van der Waals surface area (Å²) in [5.41, 5.74) is -1.15. The molecule has 1 heterocycles. The van der Waals surface area contributed by atoms with Gasteiger partial charge in [0, 0.05) is 6.61 Å². The van der Waals surface area contributed by atoms with Crippen LogP contribution in [0.3, 0.4) is 0 Å². The quantitative estimate of drug-likeness (QED) is 0.810. The molecule has 0 amide bonds. The van der Waals surface area contributed by atoms with Gasteiger partial charge in [0.1, 0.15) is 5.60 Å². The van der Waals surface area contributed by atoms with Gasteiger partial charge in [-0.2, -0.15) is 0 Å². The number of aliphatic hydroxyl groups is 1. The van der Waals surface area contributed by atoms with Gasteiger partial charge in [0.2, 0.25) is 0 Å². The maximum Gasteiger partial charge on any atom is 0.194 e. The largest absolute Gasteiger partial charge is 0.385 e. The molecule has 0 radical (unpaired) electrons. The minimum absolute atomic E-state index is 0.216. The van der Waals surface area contributed by atoms with Crippen LogP contribution in [-0.2, 0) is 9.47 Å². The Morgan fingerprint density at radius 1 is 1.31 bits per heavy atom. The molecule has 0 aromatic rings. The zero-order valence-electron chi connectivity index (χ0n) is 11.5. The molecular formula is C13H26O3. The molecule has 1 saturated heterocycles. The minimum atomic E-state index is -0.933. The molecule has 1 aliphatic heterocycles. The van der Waals surface area contributed by atoms with E-state index in [0.717, 1.165) is 6.42 Å². The molecule has 0 spiro atoms. The van der Waals surface area contributed by atoms with Crippen LogP contribution < -0.4 is 0 Å². The van der Waals surface area contributed by atoms with Crippen molar-refractivity contribution in [2.45, 2.75) is 71.4 Å². The third-order valence-corrected chi connectivity index (χ3v) is 4.27. The first-order valence-corrected chi connectivity index (χ1v) is 6.27. The monoisotopic (exact) mass is 230 g/mol. The fourth-order valence-electron chi connectivity index (χ4n) is 2.53. The predicted octanol–water partition coefficient (Wildman–Crippen LogP) is 2.72. The van der Waals surface area contributed by atoms with Gasteiger partial charge in [-0.1, -0.05) is 13.8 Å². The Balaban J connectivity index is 2.99. The molecule has 16 heavy (non-hydrogen) atoms. The molecule has 0 aliphatic carbocycles. The number of hydrogen-bond acceptors (Lipinski definition) is 3. The molecule has 1 rings (SSSR count). The van der Waals surface area contributed by atoms with Crippen molar-refractivity contribution < 1.29 is 14.6 Å². The Morgan fingerprint density at radius 3 is 2.31 bits per heavy atom. The molecule has 1 N–H and O–H groups in total. The van der Waals surface area contributed by atoms with Crippen molar-refractivity contribution >= 4 is 0 Å². The van der Waals surface area contributed by atoms with E-state index in [1.165, 1.54) is 0 Å². The van der Waals surface area contributed by atoms with Crippen molar-refractivity contribution in [3.8, 4) is 0 Å². The molecular weight excluding hydrogens is 204 g/mol. The fraction of sp³-hybridized carbons (Fsp3) is 1.00. The van der Waals surface area contributed by atoms with E-state index in [4.69, 9.17) is 9.47 Å². The van der Waals surface area contributed by atoms with Crippen molar-refractivity contribution in [2.24, 2.45) is 5.92 Å². The maximum absolute atomic E-state index is 10.5. The van der Waals surface area contributed by atoms with Gasteiger partial charge in [0.05, 0.1) is 5.60 Å². The van der Waals surface area contributed by atoms with Crippen molar-refractivity contribution in [3.05, 3.63) is 0 Å². The van der Waals surface area contributed by atoms with E-state index in [-0.39, 0.29) is 5.60 Å². The Labute approximate surface area is 99.1 Å². The molecule has 0 aromatic carbocycles. The summed E-state index contributed by atoms with van der Waals surface area (Å²) >= 11 is 0. The summed E-state index contributed by atoms with van der Waals surface area (Å²) in [6.07, 6.45) is 1.63. The Bertz CT molecular complexity index is 252. The Kier molecular flexibility index (Phi) is 3.73. The average molecular weight is 230 g/mol. The summed E-state index contributed by atoms with van der Waals surface area (Å²) in [6, 6.07) is 0. The van der Waals surface area contributed by atoms with Gasteiger partial charge in [0.25, 0.3) is 0 Å². The van der Waals surface area contributed by atoms with Gasteiger partial charge >= 0.3 is 0 Å².